The van der Waals surface area contributed by atoms with Crippen molar-refractivity contribution in [3.05, 3.63) is 41.5 Å². The zero-order valence-corrected chi connectivity index (χ0v) is 15.4. The zero-order valence-electron chi connectivity index (χ0n) is 13.6. The summed E-state index contributed by atoms with van der Waals surface area (Å²) in [5.41, 5.74) is 3.81. The van der Waals surface area contributed by atoms with Crippen LogP contribution >= 0.6 is 11.1 Å². The van der Waals surface area contributed by atoms with Crippen molar-refractivity contribution >= 4 is 18.5 Å². The highest BCUT2D eigenvalue weighted by molar-refractivity contribution is 7.18. The summed E-state index contributed by atoms with van der Waals surface area (Å²) in [4.78, 5) is 0. The van der Waals surface area contributed by atoms with E-state index < -0.39 is 7.38 Å². The molecule has 0 aliphatic heterocycles. The van der Waals surface area contributed by atoms with Crippen LogP contribution in [0.25, 0.3) is 0 Å². The molecule has 0 amide bonds. The molecule has 0 N–H and O–H groups in total. The van der Waals surface area contributed by atoms with Gasteiger partial charge in [0.25, 0.3) is 0 Å². The lowest BCUT2D eigenvalue weighted by Gasteiger charge is -2.27. The van der Waals surface area contributed by atoms with Gasteiger partial charge in [0.15, 0.2) is 7.38 Å². The fourth-order valence-electron chi connectivity index (χ4n) is 2.30. The molecule has 1 aromatic rings. The molecule has 1 rings (SSSR count). The minimum atomic E-state index is -1.71. The first-order valence-corrected chi connectivity index (χ1v) is 11.3. The van der Waals surface area contributed by atoms with Gasteiger partial charge in [0, 0.05) is 5.56 Å². The van der Waals surface area contributed by atoms with Crippen molar-refractivity contribution in [2.24, 2.45) is 0 Å². The first-order chi connectivity index (χ1) is 9.04. The predicted octanol–water partition coefficient (Wildman–Crippen LogP) is 5.38. The van der Waals surface area contributed by atoms with Crippen LogP contribution in [-0.4, -0.2) is 14.0 Å². The standard InChI is InChI=1S/C17H27ClOSi/c1-8-9-19-16-14(12-20(6,7)18)10-13(2)11-15(16)17(3,4)5/h8,10-11H,1,9,12H2,2-7H3. The molecule has 20 heavy (non-hydrogen) atoms. The van der Waals surface area contributed by atoms with Gasteiger partial charge in [-0.2, -0.15) is 11.1 Å². The normalized spacial score (nSPS) is 12.3. The van der Waals surface area contributed by atoms with Crippen LogP contribution in [0.2, 0.25) is 13.1 Å². The minimum absolute atomic E-state index is 0.0509. The third-order valence-corrected chi connectivity index (χ3v) is 4.70. The third-order valence-electron chi connectivity index (χ3n) is 3.07. The van der Waals surface area contributed by atoms with E-state index in [-0.39, 0.29) is 5.41 Å². The fourth-order valence-corrected chi connectivity index (χ4v) is 3.90. The maximum atomic E-state index is 6.56. The van der Waals surface area contributed by atoms with Gasteiger partial charge >= 0.3 is 0 Å². The Morgan fingerprint density at radius 3 is 2.35 bits per heavy atom. The van der Waals surface area contributed by atoms with Crippen LogP contribution in [0.15, 0.2) is 24.8 Å². The number of benzene rings is 1. The van der Waals surface area contributed by atoms with E-state index in [0.717, 1.165) is 11.8 Å². The Kier molecular flexibility index (Phi) is 5.51. The van der Waals surface area contributed by atoms with E-state index in [1.54, 1.807) is 6.08 Å². The molecule has 0 aromatic heterocycles. The van der Waals surface area contributed by atoms with Crippen molar-refractivity contribution in [2.45, 2.75) is 52.2 Å². The van der Waals surface area contributed by atoms with Gasteiger partial charge < -0.3 is 4.74 Å². The minimum Gasteiger partial charge on any atom is -0.489 e. The van der Waals surface area contributed by atoms with Crippen LogP contribution in [0.3, 0.4) is 0 Å². The van der Waals surface area contributed by atoms with E-state index in [9.17, 15) is 0 Å². The molecular formula is C17H27ClOSi. The number of hydrogen-bond donors (Lipinski definition) is 0. The molecule has 0 aliphatic rings. The number of rotatable bonds is 5. The molecule has 0 aliphatic carbocycles. The molecule has 0 heterocycles. The van der Waals surface area contributed by atoms with Gasteiger partial charge in [-0.05, 0) is 23.9 Å². The van der Waals surface area contributed by atoms with Gasteiger partial charge in [-0.3, -0.25) is 0 Å². The summed E-state index contributed by atoms with van der Waals surface area (Å²) >= 11 is 6.56. The molecular weight excluding hydrogens is 284 g/mol. The third kappa shape index (κ3) is 4.99. The summed E-state index contributed by atoms with van der Waals surface area (Å²) in [6.07, 6.45) is 1.79. The van der Waals surface area contributed by atoms with Crippen LogP contribution in [-0.2, 0) is 11.5 Å². The quantitative estimate of drug-likeness (QED) is 0.403. The van der Waals surface area contributed by atoms with Gasteiger partial charge in [-0.1, -0.05) is 64.2 Å². The number of halogens is 1. The van der Waals surface area contributed by atoms with Gasteiger partial charge in [-0.25, -0.2) is 0 Å². The fraction of sp³-hybridized carbons (Fsp3) is 0.529. The van der Waals surface area contributed by atoms with E-state index in [1.807, 2.05) is 0 Å². The van der Waals surface area contributed by atoms with Crippen molar-refractivity contribution in [3.8, 4) is 5.75 Å². The SMILES string of the molecule is C=CCOc1c(C[Si](C)(C)Cl)cc(C)cc1C(C)(C)C. The van der Waals surface area contributed by atoms with Gasteiger partial charge in [0.05, 0.1) is 0 Å². The monoisotopic (exact) mass is 310 g/mol. The maximum absolute atomic E-state index is 6.56. The van der Waals surface area contributed by atoms with Crippen LogP contribution < -0.4 is 4.74 Å². The summed E-state index contributed by atoms with van der Waals surface area (Å²) in [7, 11) is -1.71. The Morgan fingerprint density at radius 2 is 1.90 bits per heavy atom. The molecule has 0 fully saturated rings. The van der Waals surface area contributed by atoms with Crippen LogP contribution in [0.4, 0.5) is 0 Å². The Bertz CT molecular complexity index is 481. The highest BCUT2D eigenvalue weighted by Crippen LogP contribution is 2.37. The molecule has 1 nitrogen and oxygen atoms in total. The highest BCUT2D eigenvalue weighted by atomic mass is 35.6. The topological polar surface area (TPSA) is 9.23 Å². The smallest absolute Gasteiger partial charge is 0.154 e. The van der Waals surface area contributed by atoms with E-state index in [1.165, 1.54) is 16.7 Å². The van der Waals surface area contributed by atoms with Crippen molar-refractivity contribution < 1.29 is 4.74 Å². The Balaban J connectivity index is 3.39. The van der Waals surface area contributed by atoms with E-state index in [2.05, 4.69) is 59.5 Å². The molecule has 0 radical (unpaired) electrons. The van der Waals surface area contributed by atoms with Crippen LogP contribution in [0.1, 0.15) is 37.5 Å². The molecule has 0 atom stereocenters. The van der Waals surface area contributed by atoms with Crippen molar-refractivity contribution in [1.82, 2.24) is 0 Å². The number of ether oxygens (including phenoxy) is 1. The number of aryl methyl sites for hydroxylation is 1. The average Bonchev–Trinajstić information content (AvgIpc) is 2.23. The first-order valence-electron chi connectivity index (χ1n) is 7.11. The second-order valence-electron chi connectivity index (χ2n) is 7.05. The average molecular weight is 311 g/mol. The summed E-state index contributed by atoms with van der Waals surface area (Å²) in [6, 6.07) is 5.36. The second-order valence-corrected chi connectivity index (χ2v) is 13.9. The summed E-state index contributed by atoms with van der Waals surface area (Å²) in [6.45, 7) is 17.4. The molecule has 0 saturated heterocycles. The van der Waals surface area contributed by atoms with Crippen molar-refractivity contribution in [2.75, 3.05) is 6.61 Å². The predicted molar refractivity (Wildman–Crippen MR) is 92.6 cm³/mol. The van der Waals surface area contributed by atoms with Gasteiger partial charge in [0.1, 0.15) is 12.4 Å². The molecule has 3 heteroatoms. The van der Waals surface area contributed by atoms with E-state index >= 15 is 0 Å². The molecule has 0 bridgehead atoms. The van der Waals surface area contributed by atoms with E-state index in [0.29, 0.717) is 6.61 Å². The summed E-state index contributed by atoms with van der Waals surface area (Å²) in [5.74, 6) is 1.00. The summed E-state index contributed by atoms with van der Waals surface area (Å²) in [5, 5.41) is 0. The molecule has 112 valence electrons. The Morgan fingerprint density at radius 1 is 1.30 bits per heavy atom. The molecule has 0 unspecified atom stereocenters. The lowest BCUT2D eigenvalue weighted by atomic mass is 9.84. The molecule has 0 saturated carbocycles. The second kappa shape index (κ2) is 6.36. The molecule has 0 spiro atoms. The van der Waals surface area contributed by atoms with Gasteiger partial charge in [0.2, 0.25) is 0 Å². The van der Waals surface area contributed by atoms with Crippen LogP contribution in [0, 0.1) is 6.92 Å². The Labute approximate surface area is 129 Å². The van der Waals surface area contributed by atoms with Crippen LogP contribution in [0.5, 0.6) is 5.75 Å². The van der Waals surface area contributed by atoms with Crippen molar-refractivity contribution in [1.29, 1.82) is 0 Å². The summed E-state index contributed by atoms with van der Waals surface area (Å²) < 4.78 is 5.99. The first kappa shape index (κ1) is 17.3. The van der Waals surface area contributed by atoms with Crippen molar-refractivity contribution in [3.63, 3.8) is 0 Å². The van der Waals surface area contributed by atoms with E-state index in [4.69, 9.17) is 15.8 Å². The largest absolute Gasteiger partial charge is 0.489 e. The number of hydrogen-bond acceptors (Lipinski definition) is 1. The highest BCUT2D eigenvalue weighted by Gasteiger charge is 2.26. The Hall–Kier alpha value is -0.733. The van der Waals surface area contributed by atoms with Gasteiger partial charge in [-0.15, -0.1) is 0 Å². The lowest BCUT2D eigenvalue weighted by Crippen LogP contribution is -2.23. The maximum Gasteiger partial charge on any atom is 0.154 e. The lowest BCUT2D eigenvalue weighted by molar-refractivity contribution is 0.348. The molecule has 1 aromatic carbocycles. The zero-order chi connectivity index (χ0) is 15.6.